The lowest BCUT2D eigenvalue weighted by molar-refractivity contribution is -0.142. The Morgan fingerprint density at radius 2 is 1.94 bits per heavy atom. The molecule has 0 saturated heterocycles. The molecule has 0 saturated carbocycles. The molecule has 0 aliphatic carbocycles. The number of anilines is 1. The van der Waals surface area contributed by atoms with Crippen LogP contribution in [0.4, 0.5) is 5.69 Å². The van der Waals surface area contributed by atoms with Gasteiger partial charge in [0, 0.05) is 5.69 Å². The number of carbonyl (C=O) groups is 2. The number of amides is 1. The molecule has 1 rings (SSSR count). The summed E-state index contributed by atoms with van der Waals surface area (Å²) in [5.41, 5.74) is 6.35. The first-order valence-electron chi connectivity index (χ1n) is 4.79. The van der Waals surface area contributed by atoms with E-state index >= 15 is 0 Å². The maximum Gasteiger partial charge on any atom is 0.328 e. The van der Waals surface area contributed by atoms with Crippen LogP contribution in [0.25, 0.3) is 0 Å². The van der Waals surface area contributed by atoms with Crippen molar-refractivity contribution in [3.63, 3.8) is 0 Å². The summed E-state index contributed by atoms with van der Waals surface area (Å²) in [7, 11) is 1.27. The third kappa shape index (κ3) is 3.96. The zero-order chi connectivity index (χ0) is 12.1. The van der Waals surface area contributed by atoms with Gasteiger partial charge >= 0.3 is 5.97 Å². The lowest BCUT2D eigenvalue weighted by atomic mass is 10.1. The normalized spacial score (nSPS) is 10.9. The highest BCUT2D eigenvalue weighted by molar-refractivity contribution is 6.00. The van der Waals surface area contributed by atoms with E-state index in [1.54, 1.807) is 31.2 Å². The highest BCUT2D eigenvalue weighted by Crippen LogP contribution is 2.10. The second kappa shape index (κ2) is 6.75. The minimum atomic E-state index is -0.697. The zero-order valence-electron chi connectivity index (χ0n) is 9.60. The molecule has 0 bridgehead atoms. The number of hydrogen-bond donors (Lipinski definition) is 2. The number of nitrogen functional groups attached to an aromatic ring is 1. The number of nitrogens with one attached hydrogen (secondary N) is 1. The Morgan fingerprint density at radius 1 is 1.35 bits per heavy atom. The van der Waals surface area contributed by atoms with Crippen LogP contribution in [0.3, 0.4) is 0 Å². The van der Waals surface area contributed by atoms with Crippen molar-refractivity contribution in [3.05, 3.63) is 29.8 Å². The lowest BCUT2D eigenvalue weighted by Crippen LogP contribution is -2.39. The van der Waals surface area contributed by atoms with Crippen LogP contribution < -0.4 is 11.1 Å². The zero-order valence-corrected chi connectivity index (χ0v) is 10.4. The van der Waals surface area contributed by atoms with Crippen molar-refractivity contribution in [2.24, 2.45) is 0 Å². The van der Waals surface area contributed by atoms with E-state index in [4.69, 9.17) is 5.73 Å². The van der Waals surface area contributed by atoms with E-state index in [9.17, 15) is 9.59 Å². The largest absolute Gasteiger partial charge is 0.467 e. The molecular weight excluding hydrogens is 244 g/mol. The number of methoxy groups -OCH3 is 1. The van der Waals surface area contributed by atoms with Crippen LogP contribution in [0.2, 0.25) is 0 Å². The quantitative estimate of drug-likeness (QED) is 0.626. The van der Waals surface area contributed by atoms with Crippen LogP contribution in [0.15, 0.2) is 24.3 Å². The van der Waals surface area contributed by atoms with Crippen molar-refractivity contribution in [3.8, 4) is 0 Å². The number of nitrogens with two attached hydrogens (primary N) is 1. The average molecular weight is 259 g/mol. The highest BCUT2D eigenvalue weighted by Gasteiger charge is 2.17. The number of para-hydroxylation sites is 1. The molecule has 0 aliphatic heterocycles. The lowest BCUT2D eigenvalue weighted by Gasteiger charge is -2.12. The summed E-state index contributed by atoms with van der Waals surface area (Å²) in [5.74, 6) is -0.890. The van der Waals surface area contributed by atoms with Crippen LogP contribution in [0.5, 0.6) is 0 Å². The van der Waals surface area contributed by atoms with Crippen molar-refractivity contribution in [2.45, 2.75) is 13.0 Å². The van der Waals surface area contributed by atoms with Crippen LogP contribution in [-0.4, -0.2) is 25.0 Å². The molecule has 0 aromatic heterocycles. The van der Waals surface area contributed by atoms with Gasteiger partial charge in [-0.2, -0.15) is 0 Å². The minimum Gasteiger partial charge on any atom is -0.467 e. The number of esters is 1. The fraction of sp³-hybridized carbons (Fsp3) is 0.273. The molecule has 1 amide bonds. The first-order valence-corrected chi connectivity index (χ1v) is 4.79. The van der Waals surface area contributed by atoms with Gasteiger partial charge < -0.3 is 15.8 Å². The summed E-state index contributed by atoms with van der Waals surface area (Å²) in [6.45, 7) is 1.54. The number of ether oxygens (including phenoxy) is 1. The second-order valence-corrected chi connectivity index (χ2v) is 3.31. The summed E-state index contributed by atoms with van der Waals surface area (Å²) in [6.07, 6.45) is 0. The maximum absolute atomic E-state index is 11.7. The topological polar surface area (TPSA) is 81.4 Å². The van der Waals surface area contributed by atoms with Crippen molar-refractivity contribution >= 4 is 30.0 Å². The minimum absolute atomic E-state index is 0. The van der Waals surface area contributed by atoms with E-state index in [1.165, 1.54) is 7.11 Å². The molecule has 0 heterocycles. The monoisotopic (exact) mass is 258 g/mol. The fourth-order valence-corrected chi connectivity index (χ4v) is 1.21. The number of halogens is 1. The molecular formula is C11H15ClN2O3. The molecule has 5 nitrogen and oxygen atoms in total. The van der Waals surface area contributed by atoms with Crippen LogP contribution in [0.1, 0.15) is 17.3 Å². The Balaban J connectivity index is 0.00000256. The highest BCUT2D eigenvalue weighted by atomic mass is 35.5. The molecule has 17 heavy (non-hydrogen) atoms. The summed E-state index contributed by atoms with van der Waals surface area (Å²) in [4.78, 5) is 22.8. The fourth-order valence-electron chi connectivity index (χ4n) is 1.21. The van der Waals surface area contributed by atoms with E-state index in [-0.39, 0.29) is 12.4 Å². The number of carbonyl (C=O) groups excluding carboxylic acids is 2. The second-order valence-electron chi connectivity index (χ2n) is 3.31. The van der Waals surface area contributed by atoms with Gasteiger partial charge in [0.05, 0.1) is 12.7 Å². The third-order valence-corrected chi connectivity index (χ3v) is 2.11. The number of rotatable bonds is 3. The van der Waals surface area contributed by atoms with Gasteiger partial charge in [-0.05, 0) is 19.1 Å². The summed E-state index contributed by atoms with van der Waals surface area (Å²) in [5, 5.41) is 2.49. The molecule has 1 aromatic rings. The van der Waals surface area contributed by atoms with Gasteiger partial charge in [-0.15, -0.1) is 12.4 Å². The summed E-state index contributed by atoms with van der Waals surface area (Å²) < 4.78 is 4.49. The van der Waals surface area contributed by atoms with Gasteiger partial charge in [0.2, 0.25) is 0 Å². The van der Waals surface area contributed by atoms with Crippen molar-refractivity contribution in [2.75, 3.05) is 12.8 Å². The molecule has 3 N–H and O–H groups in total. The van der Waals surface area contributed by atoms with E-state index in [0.29, 0.717) is 11.3 Å². The van der Waals surface area contributed by atoms with Crippen molar-refractivity contribution < 1.29 is 14.3 Å². The average Bonchev–Trinajstić information content (AvgIpc) is 2.28. The van der Waals surface area contributed by atoms with Crippen molar-refractivity contribution in [1.82, 2.24) is 5.32 Å². The van der Waals surface area contributed by atoms with E-state index in [0.717, 1.165) is 0 Å². The molecule has 0 radical (unpaired) electrons. The van der Waals surface area contributed by atoms with Crippen LogP contribution in [-0.2, 0) is 9.53 Å². The molecule has 0 fully saturated rings. The summed E-state index contributed by atoms with van der Waals surface area (Å²) in [6, 6.07) is 5.95. The third-order valence-electron chi connectivity index (χ3n) is 2.11. The maximum atomic E-state index is 11.7. The van der Waals surface area contributed by atoms with E-state index in [1.807, 2.05) is 0 Å². The SMILES string of the molecule is COC(=O)[C@@H](C)NC(=O)c1ccccc1N.Cl. The molecule has 1 atom stereocenters. The number of hydrogen-bond acceptors (Lipinski definition) is 4. The summed E-state index contributed by atoms with van der Waals surface area (Å²) >= 11 is 0. The molecule has 0 spiro atoms. The number of benzene rings is 1. The Bertz CT molecular complexity index is 409. The van der Waals surface area contributed by atoms with Gasteiger partial charge in [0.1, 0.15) is 6.04 Å². The molecule has 94 valence electrons. The first-order chi connectivity index (χ1) is 7.56. The van der Waals surface area contributed by atoms with E-state index in [2.05, 4.69) is 10.1 Å². The smallest absolute Gasteiger partial charge is 0.328 e. The predicted octanol–water partition coefficient (Wildman–Crippen LogP) is 0.982. The van der Waals surface area contributed by atoms with Gasteiger partial charge in [0.25, 0.3) is 5.91 Å². The predicted molar refractivity (Wildman–Crippen MR) is 67.0 cm³/mol. The Labute approximate surface area is 106 Å². The van der Waals surface area contributed by atoms with Gasteiger partial charge in [-0.1, -0.05) is 12.1 Å². The molecule has 1 aromatic carbocycles. The molecule has 6 heteroatoms. The van der Waals surface area contributed by atoms with Gasteiger partial charge in [-0.25, -0.2) is 4.79 Å². The van der Waals surface area contributed by atoms with Gasteiger partial charge in [-0.3, -0.25) is 4.79 Å². The standard InChI is InChI=1S/C11H14N2O3.ClH/c1-7(11(15)16-2)13-10(14)8-5-3-4-6-9(8)12;/h3-7H,12H2,1-2H3,(H,13,14);1H/t7-;/m1./s1. The first kappa shape index (κ1) is 15.2. The van der Waals surface area contributed by atoms with Crippen LogP contribution in [0, 0.1) is 0 Å². The van der Waals surface area contributed by atoms with E-state index < -0.39 is 17.9 Å². The Morgan fingerprint density at radius 3 is 2.47 bits per heavy atom. The Hall–Kier alpha value is -1.75. The molecule has 0 unspecified atom stereocenters. The van der Waals surface area contributed by atoms with Crippen LogP contribution >= 0.6 is 12.4 Å². The molecule has 0 aliphatic rings. The van der Waals surface area contributed by atoms with Gasteiger partial charge in [0.15, 0.2) is 0 Å². The van der Waals surface area contributed by atoms with Crippen molar-refractivity contribution in [1.29, 1.82) is 0 Å². The Kier molecular flexibility index (Phi) is 6.06.